The number of aliphatic imine (C=N–C) groups is 1. The van der Waals surface area contributed by atoms with Gasteiger partial charge in [0.2, 0.25) is 5.91 Å². The van der Waals surface area contributed by atoms with Crippen LogP contribution in [0, 0.1) is 5.92 Å². The molecule has 0 aromatic carbocycles. The second kappa shape index (κ2) is 17.1. The van der Waals surface area contributed by atoms with E-state index in [1.165, 1.54) is 38.8 Å². The van der Waals surface area contributed by atoms with Gasteiger partial charge in [0, 0.05) is 46.4 Å². The molecular formula is C21H44IN5O2. The molecule has 0 aromatic rings. The lowest BCUT2D eigenvalue weighted by molar-refractivity contribution is -0.127. The highest BCUT2D eigenvalue weighted by molar-refractivity contribution is 14.0. The van der Waals surface area contributed by atoms with Gasteiger partial charge in [0.15, 0.2) is 5.96 Å². The Kier molecular flexibility index (Phi) is 16.7. The highest BCUT2D eigenvalue weighted by Gasteiger charge is 2.23. The van der Waals surface area contributed by atoms with Gasteiger partial charge >= 0.3 is 0 Å². The quantitative estimate of drug-likeness (QED) is 0.188. The van der Waals surface area contributed by atoms with Crippen LogP contribution in [0.25, 0.3) is 0 Å². The van der Waals surface area contributed by atoms with Gasteiger partial charge in [-0.25, -0.2) is 4.99 Å². The van der Waals surface area contributed by atoms with Crippen molar-refractivity contribution in [3.8, 4) is 0 Å². The minimum atomic E-state index is 0. The summed E-state index contributed by atoms with van der Waals surface area (Å²) >= 11 is 0. The van der Waals surface area contributed by atoms with Crippen LogP contribution in [0.3, 0.4) is 0 Å². The number of carbonyl (C=O) groups excluding carboxylic acids is 1. The number of likely N-dealkylation sites (tertiary alicyclic amines) is 1. The number of ether oxygens (including phenoxy) is 1. The Morgan fingerprint density at radius 3 is 2.34 bits per heavy atom. The van der Waals surface area contributed by atoms with Gasteiger partial charge in [-0.1, -0.05) is 26.7 Å². The molecule has 2 N–H and O–H groups in total. The maximum absolute atomic E-state index is 11.9. The van der Waals surface area contributed by atoms with Crippen molar-refractivity contribution >= 4 is 35.8 Å². The third kappa shape index (κ3) is 12.6. The van der Waals surface area contributed by atoms with Crippen molar-refractivity contribution in [2.24, 2.45) is 10.9 Å². The molecule has 1 amide bonds. The molecule has 1 atom stereocenters. The molecule has 8 heteroatoms. The maximum Gasteiger partial charge on any atom is 0.243 e. The van der Waals surface area contributed by atoms with Crippen LogP contribution in [-0.2, 0) is 9.53 Å². The van der Waals surface area contributed by atoms with E-state index in [0.717, 1.165) is 32.7 Å². The van der Waals surface area contributed by atoms with E-state index in [2.05, 4.69) is 34.4 Å². The standard InChI is InChI=1S/C21H43N5O2.HI/c1-6-28-15-11-12-22-21(24-17-20(27)25(4)5)23-16-19(18(2)3)26-13-9-7-8-10-14-26;/h18-19H,6-17H2,1-5H3,(H2,22,23,24);1H. The molecule has 0 saturated carbocycles. The SMILES string of the molecule is CCOCCCNC(=NCC(=O)N(C)C)NCC(C(C)C)N1CCCCCC1.I. The third-order valence-corrected chi connectivity index (χ3v) is 5.19. The van der Waals surface area contributed by atoms with Gasteiger partial charge in [-0.05, 0) is 45.2 Å². The largest absolute Gasteiger partial charge is 0.382 e. The molecule has 1 aliphatic heterocycles. The Bertz CT molecular complexity index is 452. The van der Waals surface area contributed by atoms with Crippen LogP contribution in [0.15, 0.2) is 4.99 Å². The maximum atomic E-state index is 11.9. The molecule has 1 rings (SSSR count). The lowest BCUT2D eigenvalue weighted by Gasteiger charge is -2.34. The van der Waals surface area contributed by atoms with Crippen molar-refractivity contribution in [1.82, 2.24) is 20.4 Å². The molecule has 1 aliphatic rings. The van der Waals surface area contributed by atoms with E-state index in [0.29, 0.717) is 17.9 Å². The number of carbonyl (C=O) groups is 1. The second-order valence-electron chi connectivity index (χ2n) is 8.07. The van der Waals surface area contributed by atoms with E-state index >= 15 is 0 Å². The Morgan fingerprint density at radius 1 is 1.14 bits per heavy atom. The highest BCUT2D eigenvalue weighted by atomic mass is 127. The van der Waals surface area contributed by atoms with Gasteiger partial charge in [0.25, 0.3) is 0 Å². The average Bonchev–Trinajstić information content (AvgIpc) is 2.94. The van der Waals surface area contributed by atoms with Crippen molar-refractivity contribution in [1.29, 1.82) is 0 Å². The number of likely N-dealkylation sites (N-methyl/N-ethyl adjacent to an activating group) is 1. The van der Waals surface area contributed by atoms with E-state index < -0.39 is 0 Å². The fraction of sp³-hybridized carbons (Fsp3) is 0.905. The molecule has 0 bridgehead atoms. The minimum absolute atomic E-state index is 0. The molecule has 0 aliphatic carbocycles. The van der Waals surface area contributed by atoms with Crippen LogP contribution >= 0.6 is 24.0 Å². The molecule has 1 fully saturated rings. The Balaban J connectivity index is 0.00000784. The summed E-state index contributed by atoms with van der Waals surface area (Å²) < 4.78 is 5.40. The number of halogens is 1. The first kappa shape index (κ1) is 28.4. The molecule has 0 spiro atoms. The second-order valence-corrected chi connectivity index (χ2v) is 8.07. The fourth-order valence-corrected chi connectivity index (χ4v) is 3.40. The fourth-order valence-electron chi connectivity index (χ4n) is 3.40. The first-order chi connectivity index (χ1) is 13.5. The van der Waals surface area contributed by atoms with Crippen molar-refractivity contribution in [2.75, 3.05) is 60.0 Å². The van der Waals surface area contributed by atoms with Crippen molar-refractivity contribution in [3.63, 3.8) is 0 Å². The van der Waals surface area contributed by atoms with Gasteiger partial charge in [-0.2, -0.15) is 0 Å². The van der Waals surface area contributed by atoms with Crippen LogP contribution in [0.1, 0.15) is 52.9 Å². The van der Waals surface area contributed by atoms with Crippen LogP contribution in [-0.4, -0.2) is 87.7 Å². The van der Waals surface area contributed by atoms with Crippen molar-refractivity contribution in [2.45, 2.75) is 58.9 Å². The average molecular weight is 526 g/mol. The van der Waals surface area contributed by atoms with Crippen molar-refractivity contribution < 1.29 is 9.53 Å². The topological polar surface area (TPSA) is 69.2 Å². The number of nitrogens with one attached hydrogen (secondary N) is 2. The van der Waals surface area contributed by atoms with Gasteiger partial charge < -0.3 is 20.3 Å². The summed E-state index contributed by atoms with van der Waals surface area (Å²) in [5, 5.41) is 6.84. The normalized spacial score (nSPS) is 16.7. The summed E-state index contributed by atoms with van der Waals surface area (Å²) in [5.74, 6) is 1.28. The molecule has 7 nitrogen and oxygen atoms in total. The zero-order valence-corrected chi connectivity index (χ0v) is 21.5. The van der Waals surface area contributed by atoms with Crippen LogP contribution < -0.4 is 10.6 Å². The van der Waals surface area contributed by atoms with Gasteiger partial charge in [-0.3, -0.25) is 9.69 Å². The van der Waals surface area contributed by atoms with E-state index in [-0.39, 0.29) is 36.4 Å². The third-order valence-electron chi connectivity index (χ3n) is 5.19. The number of guanidine groups is 1. The number of hydrogen-bond acceptors (Lipinski definition) is 4. The van der Waals surface area contributed by atoms with E-state index in [4.69, 9.17) is 4.74 Å². The van der Waals surface area contributed by atoms with E-state index in [1.807, 2.05) is 6.92 Å². The van der Waals surface area contributed by atoms with E-state index in [9.17, 15) is 4.79 Å². The number of nitrogens with zero attached hydrogens (tertiary/aromatic N) is 3. The predicted octanol–water partition coefficient (Wildman–Crippen LogP) is 2.56. The Morgan fingerprint density at radius 2 is 1.79 bits per heavy atom. The van der Waals surface area contributed by atoms with Crippen LogP contribution in [0.2, 0.25) is 0 Å². The monoisotopic (exact) mass is 525 g/mol. The zero-order valence-electron chi connectivity index (χ0n) is 19.2. The van der Waals surface area contributed by atoms with Crippen LogP contribution in [0.5, 0.6) is 0 Å². The number of rotatable bonds is 11. The Labute approximate surface area is 195 Å². The van der Waals surface area contributed by atoms with Gasteiger partial charge in [-0.15, -0.1) is 24.0 Å². The first-order valence-electron chi connectivity index (χ1n) is 11.0. The summed E-state index contributed by atoms with van der Waals surface area (Å²) in [4.78, 5) is 20.6. The lowest BCUT2D eigenvalue weighted by atomic mass is 10.0. The molecule has 1 heterocycles. The molecule has 172 valence electrons. The summed E-state index contributed by atoms with van der Waals surface area (Å²) in [6.07, 6.45) is 6.18. The van der Waals surface area contributed by atoms with Crippen LogP contribution in [0.4, 0.5) is 0 Å². The van der Waals surface area contributed by atoms with E-state index in [1.54, 1.807) is 19.0 Å². The predicted molar refractivity (Wildman–Crippen MR) is 132 cm³/mol. The smallest absolute Gasteiger partial charge is 0.243 e. The summed E-state index contributed by atoms with van der Waals surface area (Å²) in [5.41, 5.74) is 0. The highest BCUT2D eigenvalue weighted by Crippen LogP contribution is 2.17. The Hall–Kier alpha value is -0.610. The molecular weight excluding hydrogens is 481 g/mol. The summed E-state index contributed by atoms with van der Waals surface area (Å²) in [6.45, 7) is 12.2. The zero-order chi connectivity index (χ0) is 20.8. The number of hydrogen-bond donors (Lipinski definition) is 2. The lowest BCUT2D eigenvalue weighted by Crippen LogP contribution is -2.50. The molecule has 1 unspecified atom stereocenters. The molecule has 1 saturated heterocycles. The van der Waals surface area contributed by atoms with Gasteiger partial charge in [0.1, 0.15) is 6.54 Å². The summed E-state index contributed by atoms with van der Waals surface area (Å²) in [7, 11) is 3.52. The van der Waals surface area contributed by atoms with Crippen molar-refractivity contribution in [3.05, 3.63) is 0 Å². The number of amides is 1. The first-order valence-corrected chi connectivity index (χ1v) is 11.0. The summed E-state index contributed by atoms with van der Waals surface area (Å²) in [6, 6.07) is 0.470. The minimum Gasteiger partial charge on any atom is -0.382 e. The molecule has 0 aromatic heterocycles. The van der Waals surface area contributed by atoms with Gasteiger partial charge in [0.05, 0.1) is 0 Å². The molecule has 0 radical (unpaired) electrons. The molecule has 29 heavy (non-hydrogen) atoms.